The van der Waals surface area contributed by atoms with Gasteiger partial charge in [-0.3, -0.25) is 9.59 Å². The summed E-state index contributed by atoms with van der Waals surface area (Å²) in [6.07, 6.45) is 0.283. The monoisotopic (exact) mass is 478 g/mol. The summed E-state index contributed by atoms with van der Waals surface area (Å²) >= 11 is 6.24. The Morgan fingerprint density at radius 2 is 1.65 bits per heavy atom. The highest BCUT2D eigenvalue weighted by Gasteiger charge is 2.36. The van der Waals surface area contributed by atoms with Crippen LogP contribution in [0.3, 0.4) is 0 Å². The van der Waals surface area contributed by atoms with Crippen LogP contribution in [-0.2, 0) is 27.3 Å². The highest BCUT2D eigenvalue weighted by Crippen LogP contribution is 2.27. The molecule has 1 unspecified atom stereocenters. The molecular weight excluding hydrogens is 456 g/mol. The van der Waals surface area contributed by atoms with Crippen molar-refractivity contribution >= 4 is 35.1 Å². The smallest absolute Gasteiger partial charge is 0.329 e. The van der Waals surface area contributed by atoms with Gasteiger partial charge < -0.3 is 19.7 Å². The molecule has 0 bridgehead atoms. The number of carbonyl (C=O) groups is 3. The molecule has 3 aromatic carbocycles. The Bertz CT molecular complexity index is 1210. The van der Waals surface area contributed by atoms with E-state index in [4.69, 9.17) is 21.1 Å². The van der Waals surface area contributed by atoms with Crippen LogP contribution < -0.4 is 10.1 Å². The minimum Gasteiger partial charge on any atom is -0.497 e. The molecule has 1 N–H and O–H groups in total. The summed E-state index contributed by atoms with van der Waals surface area (Å²) in [5, 5.41) is 2.97. The van der Waals surface area contributed by atoms with Gasteiger partial charge in [0.1, 0.15) is 11.8 Å². The molecule has 1 aliphatic rings. The molecule has 34 heavy (non-hydrogen) atoms. The second kappa shape index (κ2) is 10.4. The van der Waals surface area contributed by atoms with E-state index in [1.165, 1.54) is 4.90 Å². The van der Waals surface area contributed by atoms with Gasteiger partial charge in [0.25, 0.3) is 11.8 Å². The molecule has 2 amide bonds. The lowest BCUT2D eigenvalue weighted by Crippen LogP contribution is -2.49. The van der Waals surface area contributed by atoms with Gasteiger partial charge in [0.05, 0.1) is 17.7 Å². The lowest BCUT2D eigenvalue weighted by atomic mass is 9.93. The minimum absolute atomic E-state index is 0.234. The Hall–Kier alpha value is -3.84. The lowest BCUT2D eigenvalue weighted by Gasteiger charge is -2.35. The van der Waals surface area contributed by atoms with E-state index in [0.29, 0.717) is 22.0 Å². The van der Waals surface area contributed by atoms with E-state index in [1.54, 1.807) is 55.6 Å². The van der Waals surface area contributed by atoms with Crippen LogP contribution in [0.1, 0.15) is 21.5 Å². The predicted molar refractivity (Wildman–Crippen MR) is 128 cm³/mol. The molecule has 7 nitrogen and oxygen atoms in total. The fourth-order valence-electron chi connectivity index (χ4n) is 3.84. The third-order valence-corrected chi connectivity index (χ3v) is 5.93. The van der Waals surface area contributed by atoms with E-state index in [9.17, 15) is 14.4 Å². The van der Waals surface area contributed by atoms with Crippen LogP contribution in [0.25, 0.3) is 0 Å². The molecule has 8 heteroatoms. The summed E-state index contributed by atoms with van der Waals surface area (Å²) < 4.78 is 10.4. The zero-order valence-electron chi connectivity index (χ0n) is 18.5. The maximum atomic E-state index is 13.3. The highest BCUT2D eigenvalue weighted by atomic mass is 35.5. The van der Waals surface area contributed by atoms with Crippen LogP contribution in [0.4, 0.5) is 5.69 Å². The molecule has 1 heterocycles. The summed E-state index contributed by atoms with van der Waals surface area (Å²) in [6.45, 7) is -0.241. The molecule has 0 saturated heterocycles. The van der Waals surface area contributed by atoms with Crippen LogP contribution in [0.2, 0.25) is 5.02 Å². The van der Waals surface area contributed by atoms with E-state index >= 15 is 0 Å². The normalized spacial score (nSPS) is 14.6. The fourth-order valence-corrected chi connectivity index (χ4v) is 4.06. The van der Waals surface area contributed by atoms with Gasteiger partial charge in [-0.25, -0.2) is 4.79 Å². The number of hydrogen-bond acceptors (Lipinski definition) is 5. The number of rotatable bonds is 6. The number of nitrogens with one attached hydrogen (secondary N) is 1. The molecule has 3 aromatic rings. The topological polar surface area (TPSA) is 84.9 Å². The van der Waals surface area contributed by atoms with Gasteiger partial charge in [-0.2, -0.15) is 0 Å². The molecule has 0 aliphatic carbocycles. The molecular formula is C26H23ClN2O5. The summed E-state index contributed by atoms with van der Waals surface area (Å²) in [6, 6.07) is 20.2. The van der Waals surface area contributed by atoms with Gasteiger partial charge in [0.2, 0.25) is 0 Å². The Balaban J connectivity index is 1.47. The Labute approximate surface area is 202 Å². The number of nitrogens with zero attached hydrogens (tertiary/aromatic N) is 1. The first-order valence-electron chi connectivity index (χ1n) is 10.7. The number of hydrogen-bond donors (Lipinski definition) is 1. The average molecular weight is 479 g/mol. The number of ether oxygens (including phenoxy) is 2. The van der Waals surface area contributed by atoms with E-state index < -0.39 is 24.5 Å². The standard InChI is InChI=1S/C26H23ClN2O5/c1-33-20-12-10-19(11-13-20)28-24(30)16-34-26(32)23-14-17-6-2-3-7-18(17)15-29(23)25(31)21-8-4-5-9-22(21)27/h2-13,23H,14-16H2,1H3,(H,28,30). The third kappa shape index (κ3) is 5.21. The first kappa shape index (κ1) is 23.3. The molecule has 1 atom stereocenters. The second-order valence-corrected chi connectivity index (χ2v) is 8.19. The van der Waals surface area contributed by atoms with Crippen molar-refractivity contribution < 1.29 is 23.9 Å². The second-order valence-electron chi connectivity index (χ2n) is 7.79. The van der Waals surface area contributed by atoms with Gasteiger partial charge >= 0.3 is 5.97 Å². The maximum Gasteiger partial charge on any atom is 0.329 e. The van der Waals surface area contributed by atoms with Crippen molar-refractivity contribution in [2.75, 3.05) is 19.0 Å². The van der Waals surface area contributed by atoms with Crippen LogP contribution in [0.15, 0.2) is 72.8 Å². The summed E-state index contributed by atoms with van der Waals surface area (Å²) in [5.41, 5.74) is 2.75. The first-order chi connectivity index (χ1) is 16.5. The maximum absolute atomic E-state index is 13.3. The van der Waals surface area contributed by atoms with Crippen LogP contribution in [0, 0.1) is 0 Å². The molecule has 0 spiro atoms. The van der Waals surface area contributed by atoms with E-state index in [0.717, 1.165) is 11.1 Å². The minimum atomic E-state index is -0.882. The average Bonchev–Trinajstić information content (AvgIpc) is 2.87. The van der Waals surface area contributed by atoms with Crippen LogP contribution in [0.5, 0.6) is 5.75 Å². The largest absolute Gasteiger partial charge is 0.497 e. The lowest BCUT2D eigenvalue weighted by molar-refractivity contribution is -0.152. The first-order valence-corrected chi connectivity index (χ1v) is 11.1. The van der Waals surface area contributed by atoms with Crippen molar-refractivity contribution in [3.05, 3.63) is 94.5 Å². The molecule has 0 saturated carbocycles. The zero-order chi connectivity index (χ0) is 24.1. The van der Waals surface area contributed by atoms with E-state index in [2.05, 4.69) is 5.32 Å². The highest BCUT2D eigenvalue weighted by molar-refractivity contribution is 6.33. The fraction of sp³-hybridized carbons (Fsp3) is 0.192. The van der Waals surface area contributed by atoms with Crippen molar-refractivity contribution in [2.45, 2.75) is 19.0 Å². The number of esters is 1. The predicted octanol–water partition coefficient (Wildman–Crippen LogP) is 4.10. The van der Waals surface area contributed by atoms with Gasteiger partial charge in [0, 0.05) is 18.7 Å². The SMILES string of the molecule is COc1ccc(NC(=O)COC(=O)C2Cc3ccccc3CN2C(=O)c2ccccc2Cl)cc1. The molecule has 4 rings (SSSR count). The van der Waals surface area contributed by atoms with Crippen LogP contribution >= 0.6 is 11.6 Å². The Morgan fingerprint density at radius 1 is 0.971 bits per heavy atom. The zero-order valence-corrected chi connectivity index (χ0v) is 19.2. The summed E-state index contributed by atoms with van der Waals surface area (Å²) in [7, 11) is 1.55. The Morgan fingerprint density at radius 3 is 2.35 bits per heavy atom. The van der Waals surface area contributed by atoms with E-state index in [1.807, 2.05) is 24.3 Å². The Kier molecular flexibility index (Phi) is 7.13. The van der Waals surface area contributed by atoms with E-state index in [-0.39, 0.29) is 18.9 Å². The van der Waals surface area contributed by atoms with Crippen LogP contribution in [-0.4, -0.2) is 42.4 Å². The van der Waals surface area contributed by atoms with Crippen molar-refractivity contribution in [2.24, 2.45) is 0 Å². The summed E-state index contributed by atoms with van der Waals surface area (Å²) in [4.78, 5) is 40.1. The van der Waals surface area contributed by atoms with Gasteiger partial charge in [-0.15, -0.1) is 0 Å². The summed E-state index contributed by atoms with van der Waals surface area (Å²) in [5.74, 6) is -0.853. The van der Waals surface area contributed by atoms with Gasteiger partial charge in [-0.1, -0.05) is 48.0 Å². The number of fused-ring (bicyclic) bond motifs is 1. The van der Waals surface area contributed by atoms with Crippen molar-refractivity contribution in [1.82, 2.24) is 4.90 Å². The number of benzene rings is 3. The van der Waals surface area contributed by atoms with Crippen molar-refractivity contribution in [3.63, 3.8) is 0 Å². The van der Waals surface area contributed by atoms with Crippen molar-refractivity contribution in [1.29, 1.82) is 0 Å². The molecule has 174 valence electrons. The number of amides is 2. The molecule has 0 radical (unpaired) electrons. The number of carbonyl (C=O) groups excluding carboxylic acids is 3. The number of methoxy groups -OCH3 is 1. The quantitative estimate of drug-likeness (QED) is 0.539. The number of anilines is 1. The third-order valence-electron chi connectivity index (χ3n) is 5.61. The molecule has 0 fully saturated rings. The van der Waals surface area contributed by atoms with Crippen molar-refractivity contribution in [3.8, 4) is 5.75 Å². The van der Waals surface area contributed by atoms with Gasteiger partial charge in [-0.05, 0) is 47.5 Å². The van der Waals surface area contributed by atoms with Gasteiger partial charge in [0.15, 0.2) is 6.61 Å². The number of halogens is 1. The molecule has 0 aromatic heterocycles. The molecule has 1 aliphatic heterocycles.